The number of halogens is 2. The standard InChI is InChI=1S/C20H20F2N4OS/c21-19(22)28-20-23-16-8-4-5-9-17(16)26(20)14-18(27)25-12-10-24(11-13-25)15-6-2-1-3-7-15/h1-9,19H,10-14H2. The monoisotopic (exact) mass is 402 g/mol. The molecule has 0 spiro atoms. The Hall–Kier alpha value is -2.61. The number of benzene rings is 2. The maximum Gasteiger partial charge on any atom is 0.291 e. The number of nitrogens with zero attached hydrogens (tertiary/aromatic N) is 4. The number of alkyl halides is 2. The first-order chi connectivity index (χ1) is 13.6. The molecule has 1 fully saturated rings. The fraction of sp³-hybridized carbons (Fsp3) is 0.300. The second-order valence-electron chi connectivity index (χ2n) is 6.55. The Morgan fingerprint density at radius 3 is 2.39 bits per heavy atom. The lowest BCUT2D eigenvalue weighted by Crippen LogP contribution is -2.49. The summed E-state index contributed by atoms with van der Waals surface area (Å²) in [5.41, 5.74) is 2.46. The van der Waals surface area contributed by atoms with Crippen LogP contribution < -0.4 is 4.90 Å². The molecule has 1 amide bonds. The topological polar surface area (TPSA) is 41.4 Å². The van der Waals surface area contributed by atoms with E-state index in [0.29, 0.717) is 35.9 Å². The van der Waals surface area contributed by atoms with Crippen molar-refractivity contribution in [3.8, 4) is 0 Å². The molecule has 1 aromatic heterocycles. The van der Waals surface area contributed by atoms with E-state index in [2.05, 4.69) is 22.0 Å². The molecule has 3 aromatic rings. The van der Waals surface area contributed by atoms with Crippen LogP contribution in [0.3, 0.4) is 0 Å². The predicted octanol–water partition coefficient (Wildman–Crippen LogP) is 3.70. The molecule has 2 heterocycles. The van der Waals surface area contributed by atoms with E-state index in [1.165, 1.54) is 0 Å². The smallest absolute Gasteiger partial charge is 0.291 e. The Morgan fingerprint density at radius 1 is 1.00 bits per heavy atom. The number of thioether (sulfide) groups is 1. The van der Waals surface area contributed by atoms with Gasteiger partial charge in [0.15, 0.2) is 5.16 Å². The van der Waals surface area contributed by atoms with Gasteiger partial charge < -0.3 is 14.4 Å². The van der Waals surface area contributed by atoms with E-state index in [1.807, 2.05) is 24.3 Å². The number of rotatable bonds is 5. The van der Waals surface area contributed by atoms with E-state index in [9.17, 15) is 13.6 Å². The second kappa shape index (κ2) is 8.18. The fourth-order valence-corrected chi connectivity index (χ4v) is 4.06. The zero-order valence-electron chi connectivity index (χ0n) is 15.2. The highest BCUT2D eigenvalue weighted by molar-refractivity contribution is 7.99. The van der Waals surface area contributed by atoms with Gasteiger partial charge in [-0.3, -0.25) is 4.79 Å². The van der Waals surface area contributed by atoms with Gasteiger partial charge in [-0.2, -0.15) is 8.78 Å². The Labute approximate surface area is 165 Å². The van der Waals surface area contributed by atoms with Crippen molar-refractivity contribution in [2.75, 3.05) is 31.1 Å². The lowest BCUT2D eigenvalue weighted by atomic mass is 10.2. The maximum atomic E-state index is 12.9. The highest BCUT2D eigenvalue weighted by Crippen LogP contribution is 2.28. The lowest BCUT2D eigenvalue weighted by molar-refractivity contribution is -0.132. The summed E-state index contributed by atoms with van der Waals surface area (Å²) in [6.45, 7) is 2.73. The van der Waals surface area contributed by atoms with E-state index in [-0.39, 0.29) is 17.6 Å². The molecule has 2 aromatic carbocycles. The van der Waals surface area contributed by atoms with Gasteiger partial charge in [0.1, 0.15) is 6.54 Å². The maximum absolute atomic E-state index is 12.9. The van der Waals surface area contributed by atoms with Gasteiger partial charge in [-0.25, -0.2) is 4.98 Å². The minimum Gasteiger partial charge on any atom is -0.368 e. The summed E-state index contributed by atoms with van der Waals surface area (Å²) in [5.74, 6) is -2.66. The average Bonchev–Trinajstić information content (AvgIpc) is 3.05. The molecule has 146 valence electrons. The molecule has 1 aliphatic heterocycles. The first-order valence-electron chi connectivity index (χ1n) is 9.09. The number of carbonyl (C=O) groups excluding carboxylic acids is 1. The predicted molar refractivity (Wildman–Crippen MR) is 107 cm³/mol. The van der Waals surface area contributed by atoms with Crippen molar-refractivity contribution in [3.05, 3.63) is 54.6 Å². The second-order valence-corrected chi connectivity index (χ2v) is 7.51. The third kappa shape index (κ3) is 3.96. The van der Waals surface area contributed by atoms with E-state index in [1.54, 1.807) is 27.7 Å². The van der Waals surface area contributed by atoms with Crippen molar-refractivity contribution >= 4 is 34.4 Å². The molecule has 0 N–H and O–H groups in total. The number of aromatic nitrogens is 2. The van der Waals surface area contributed by atoms with Crippen LogP contribution in [0.5, 0.6) is 0 Å². The highest BCUT2D eigenvalue weighted by Gasteiger charge is 2.24. The molecule has 8 heteroatoms. The molecule has 0 atom stereocenters. The van der Waals surface area contributed by atoms with Gasteiger partial charge in [-0.15, -0.1) is 0 Å². The Kier molecular flexibility index (Phi) is 5.47. The third-order valence-electron chi connectivity index (χ3n) is 4.86. The van der Waals surface area contributed by atoms with E-state index >= 15 is 0 Å². The zero-order chi connectivity index (χ0) is 19.5. The summed E-state index contributed by atoms with van der Waals surface area (Å²) in [7, 11) is 0. The summed E-state index contributed by atoms with van der Waals surface area (Å²) in [6, 6.07) is 17.3. The van der Waals surface area contributed by atoms with Crippen molar-refractivity contribution in [3.63, 3.8) is 0 Å². The average molecular weight is 402 g/mol. The lowest BCUT2D eigenvalue weighted by Gasteiger charge is -2.36. The van der Waals surface area contributed by atoms with E-state index in [4.69, 9.17) is 0 Å². The Balaban J connectivity index is 1.47. The van der Waals surface area contributed by atoms with Crippen molar-refractivity contribution in [2.24, 2.45) is 0 Å². The van der Waals surface area contributed by atoms with E-state index < -0.39 is 5.76 Å². The minimum atomic E-state index is -2.58. The van der Waals surface area contributed by atoms with Crippen LogP contribution >= 0.6 is 11.8 Å². The molecule has 1 saturated heterocycles. The van der Waals surface area contributed by atoms with Crippen LogP contribution in [-0.4, -0.2) is 52.3 Å². The van der Waals surface area contributed by atoms with Crippen LogP contribution in [0.4, 0.5) is 14.5 Å². The van der Waals surface area contributed by atoms with Crippen LogP contribution in [0, 0.1) is 0 Å². The van der Waals surface area contributed by atoms with Crippen LogP contribution in [0.15, 0.2) is 59.8 Å². The molecule has 4 rings (SSSR count). The van der Waals surface area contributed by atoms with Crippen molar-refractivity contribution < 1.29 is 13.6 Å². The van der Waals surface area contributed by atoms with Gasteiger partial charge in [0.25, 0.3) is 5.76 Å². The first-order valence-corrected chi connectivity index (χ1v) is 9.97. The van der Waals surface area contributed by atoms with Crippen molar-refractivity contribution in [2.45, 2.75) is 17.5 Å². The number of amides is 1. The fourth-order valence-electron chi connectivity index (χ4n) is 3.46. The quantitative estimate of drug-likeness (QED) is 0.611. The summed E-state index contributed by atoms with van der Waals surface area (Å²) in [5, 5.41) is 0.174. The number of piperazine rings is 1. The summed E-state index contributed by atoms with van der Waals surface area (Å²) >= 11 is 0.377. The van der Waals surface area contributed by atoms with Crippen LogP contribution in [0.2, 0.25) is 0 Å². The number of anilines is 1. The molecular weight excluding hydrogens is 382 g/mol. The van der Waals surface area contributed by atoms with Crippen LogP contribution in [0.1, 0.15) is 0 Å². The normalized spacial score (nSPS) is 14.8. The number of hydrogen-bond donors (Lipinski definition) is 0. The Morgan fingerprint density at radius 2 is 1.68 bits per heavy atom. The van der Waals surface area contributed by atoms with Gasteiger partial charge in [0.05, 0.1) is 11.0 Å². The zero-order valence-corrected chi connectivity index (χ0v) is 16.0. The molecule has 0 aliphatic carbocycles. The third-order valence-corrected chi connectivity index (χ3v) is 5.56. The minimum absolute atomic E-state index is 0.0148. The molecule has 5 nitrogen and oxygen atoms in total. The molecule has 0 bridgehead atoms. The molecule has 0 radical (unpaired) electrons. The molecular formula is C20H20F2N4OS. The van der Waals surface area contributed by atoms with Gasteiger partial charge >= 0.3 is 0 Å². The number of imidazole rings is 1. The summed E-state index contributed by atoms with van der Waals surface area (Å²) < 4.78 is 27.5. The molecule has 28 heavy (non-hydrogen) atoms. The van der Waals surface area contributed by atoms with Crippen molar-refractivity contribution in [1.29, 1.82) is 0 Å². The molecule has 1 aliphatic rings. The molecule has 0 unspecified atom stereocenters. The summed E-state index contributed by atoms with van der Waals surface area (Å²) in [6.07, 6.45) is 0. The SMILES string of the molecule is O=C(Cn1c(SC(F)F)nc2ccccc21)N1CCN(c2ccccc2)CC1. The van der Waals surface area contributed by atoms with Crippen LogP contribution in [-0.2, 0) is 11.3 Å². The van der Waals surface area contributed by atoms with Gasteiger partial charge in [0.2, 0.25) is 5.91 Å². The largest absolute Gasteiger partial charge is 0.368 e. The summed E-state index contributed by atoms with van der Waals surface area (Å²) in [4.78, 5) is 21.2. The number of hydrogen-bond acceptors (Lipinski definition) is 4. The first kappa shape index (κ1) is 18.7. The van der Waals surface area contributed by atoms with Crippen molar-refractivity contribution in [1.82, 2.24) is 14.5 Å². The van der Waals surface area contributed by atoms with Gasteiger partial charge in [-0.05, 0) is 36.0 Å². The number of carbonyl (C=O) groups is 1. The van der Waals surface area contributed by atoms with Crippen LogP contribution in [0.25, 0.3) is 11.0 Å². The molecule has 0 saturated carbocycles. The Bertz CT molecular complexity index is 955. The van der Waals surface area contributed by atoms with Gasteiger partial charge in [0, 0.05) is 31.9 Å². The van der Waals surface area contributed by atoms with Gasteiger partial charge in [-0.1, -0.05) is 30.3 Å². The number of fused-ring (bicyclic) bond motifs is 1. The van der Waals surface area contributed by atoms with E-state index in [0.717, 1.165) is 18.8 Å². The highest BCUT2D eigenvalue weighted by atomic mass is 32.2. The number of para-hydroxylation sites is 3.